The van der Waals surface area contributed by atoms with Crippen molar-refractivity contribution >= 4 is 39.0 Å². The molecule has 11 nitrogen and oxygen atoms in total. The topological polar surface area (TPSA) is 169 Å². The van der Waals surface area contributed by atoms with Gasteiger partial charge in [0.1, 0.15) is 29.8 Å². The Hall–Kier alpha value is -3.48. The van der Waals surface area contributed by atoms with Gasteiger partial charge in [-0.3, -0.25) is 4.90 Å². The first-order valence-electron chi connectivity index (χ1n) is 11.9. The zero-order chi connectivity index (χ0) is 31.7. The van der Waals surface area contributed by atoms with Crippen molar-refractivity contribution in [3.05, 3.63) is 41.0 Å². The molecular weight excluding hydrogens is 650 g/mol. The summed E-state index contributed by atoms with van der Waals surface area (Å²) in [5.74, 6) is -4.07. The fourth-order valence-electron chi connectivity index (χ4n) is 3.46. The van der Waals surface area contributed by atoms with Crippen LogP contribution in [0.5, 0.6) is 5.75 Å². The van der Waals surface area contributed by atoms with Crippen LogP contribution in [0.3, 0.4) is 0 Å². The number of aliphatic hydroxyl groups excluding tert-OH is 2. The second-order valence-electron chi connectivity index (χ2n) is 8.76. The fraction of sp³-hybridized carbons (Fsp3) is 0.417. The van der Waals surface area contributed by atoms with Crippen molar-refractivity contribution in [2.75, 3.05) is 26.2 Å². The van der Waals surface area contributed by atoms with E-state index >= 15 is 0 Å². The number of alkyl halides is 6. The molecule has 0 bridgehead atoms. The number of aromatic nitrogens is 3. The van der Waals surface area contributed by atoms with Crippen LogP contribution in [0.15, 0.2) is 41.0 Å². The summed E-state index contributed by atoms with van der Waals surface area (Å²) in [4.78, 5) is 32.0. The fourth-order valence-corrected chi connectivity index (χ4v) is 3.78. The number of H-pyrrole nitrogens is 1. The van der Waals surface area contributed by atoms with Crippen LogP contribution >= 0.6 is 15.9 Å². The Morgan fingerprint density at radius 2 is 1.67 bits per heavy atom. The number of likely N-dealkylation sites (tertiary alicyclic amines) is 1. The normalized spacial score (nSPS) is 16.5. The molecule has 1 saturated heterocycles. The van der Waals surface area contributed by atoms with E-state index in [4.69, 9.17) is 24.5 Å². The number of carboxylic acids is 2. The van der Waals surface area contributed by atoms with Gasteiger partial charge in [0.05, 0.1) is 6.10 Å². The van der Waals surface area contributed by atoms with Crippen molar-refractivity contribution in [1.29, 1.82) is 0 Å². The van der Waals surface area contributed by atoms with E-state index in [2.05, 4.69) is 35.8 Å². The number of aliphatic carboxylic acids is 2. The quantitative estimate of drug-likeness (QED) is 0.242. The predicted molar refractivity (Wildman–Crippen MR) is 138 cm³/mol. The summed E-state index contributed by atoms with van der Waals surface area (Å²) in [6.07, 6.45) is -7.51. The minimum Gasteiger partial charge on any atom is -0.491 e. The first kappa shape index (κ1) is 34.7. The summed E-state index contributed by atoms with van der Waals surface area (Å²) in [5.41, 5.74) is 2.48. The smallest absolute Gasteiger partial charge is 0.490 e. The van der Waals surface area contributed by atoms with Gasteiger partial charge in [0, 0.05) is 29.3 Å². The minimum atomic E-state index is -5.08. The standard InChI is InChI=1S/C20H23BrN4O3.2C2HF3O2/c21-14-8-18-20(22-9-14)24-19(23-18)13-3-5-17(6-4-13)28-12-16(27)11-25-7-1-2-15(26)10-25;2*3-2(4,5)1(6)7/h3-6,8-9,15-16,26-27H,1-2,7,10-12H2,(H,22,23,24);2*(H,6,7). The third-order valence-electron chi connectivity index (χ3n) is 5.31. The van der Waals surface area contributed by atoms with Crippen LogP contribution in [0.25, 0.3) is 22.6 Å². The molecule has 2 unspecified atom stereocenters. The number of carboxylic acid groups (broad SMARTS) is 2. The Balaban J connectivity index is 0.000000367. The maximum atomic E-state index is 10.6. The largest absolute Gasteiger partial charge is 0.491 e. The summed E-state index contributed by atoms with van der Waals surface area (Å²) < 4.78 is 70.1. The third-order valence-corrected chi connectivity index (χ3v) is 5.74. The zero-order valence-corrected chi connectivity index (χ0v) is 22.9. The molecule has 0 radical (unpaired) electrons. The number of nitrogens with zero attached hydrogens (tertiary/aromatic N) is 3. The van der Waals surface area contributed by atoms with E-state index in [9.17, 15) is 36.6 Å². The van der Waals surface area contributed by atoms with Crippen molar-refractivity contribution in [3.8, 4) is 17.1 Å². The second kappa shape index (κ2) is 15.1. The van der Waals surface area contributed by atoms with Gasteiger partial charge in [0.25, 0.3) is 0 Å². The predicted octanol–water partition coefficient (Wildman–Crippen LogP) is 3.85. The van der Waals surface area contributed by atoms with Crippen LogP contribution in [-0.2, 0) is 9.59 Å². The Morgan fingerprint density at radius 3 is 2.19 bits per heavy atom. The molecule has 232 valence electrons. The van der Waals surface area contributed by atoms with Gasteiger partial charge in [-0.15, -0.1) is 0 Å². The van der Waals surface area contributed by atoms with Crippen molar-refractivity contribution < 1.29 is 61.1 Å². The van der Waals surface area contributed by atoms with E-state index in [0.717, 1.165) is 46.4 Å². The molecule has 3 heterocycles. The number of pyridine rings is 1. The first-order valence-corrected chi connectivity index (χ1v) is 12.7. The van der Waals surface area contributed by atoms with Crippen molar-refractivity contribution in [2.24, 2.45) is 0 Å². The van der Waals surface area contributed by atoms with Gasteiger partial charge in [0.2, 0.25) is 0 Å². The summed E-state index contributed by atoms with van der Waals surface area (Å²) in [6, 6.07) is 9.50. The third kappa shape index (κ3) is 11.8. The van der Waals surface area contributed by atoms with Crippen LogP contribution < -0.4 is 4.74 Å². The second-order valence-corrected chi connectivity index (χ2v) is 9.67. The van der Waals surface area contributed by atoms with Crippen LogP contribution in [0, 0.1) is 0 Å². The lowest BCUT2D eigenvalue weighted by Gasteiger charge is -2.31. The van der Waals surface area contributed by atoms with Gasteiger partial charge < -0.3 is 30.1 Å². The molecule has 42 heavy (non-hydrogen) atoms. The van der Waals surface area contributed by atoms with E-state index in [1.165, 1.54) is 0 Å². The number of nitrogens with one attached hydrogen (secondary N) is 1. The lowest BCUT2D eigenvalue weighted by molar-refractivity contribution is -0.193. The minimum absolute atomic E-state index is 0.217. The number of aromatic amines is 1. The molecule has 0 amide bonds. The highest BCUT2D eigenvalue weighted by Crippen LogP contribution is 2.24. The lowest BCUT2D eigenvalue weighted by atomic mass is 10.1. The van der Waals surface area contributed by atoms with Crippen LogP contribution in [0.4, 0.5) is 26.3 Å². The SMILES string of the molecule is O=C(O)C(F)(F)F.O=C(O)C(F)(F)F.OC1CCCN(CC(O)COc2ccc(-c3nc4cc(Br)cnc4[nH]3)cc2)C1. The molecule has 1 fully saturated rings. The van der Waals surface area contributed by atoms with Crippen molar-refractivity contribution in [2.45, 2.75) is 37.4 Å². The van der Waals surface area contributed by atoms with Gasteiger partial charge >= 0.3 is 24.3 Å². The number of β-amino-alcohol motifs (C(OH)–C–C–N with tert-alkyl or cyclic N) is 2. The van der Waals surface area contributed by atoms with E-state index in [1.54, 1.807) is 6.20 Å². The number of fused-ring (bicyclic) bond motifs is 1. The number of aliphatic hydroxyl groups is 2. The molecule has 0 spiro atoms. The van der Waals surface area contributed by atoms with Crippen molar-refractivity contribution in [1.82, 2.24) is 19.9 Å². The molecule has 2 aromatic heterocycles. The van der Waals surface area contributed by atoms with Gasteiger partial charge in [-0.05, 0) is 65.6 Å². The van der Waals surface area contributed by atoms with E-state index in [-0.39, 0.29) is 12.7 Å². The maximum Gasteiger partial charge on any atom is 0.490 e. The Morgan fingerprint density at radius 1 is 1.10 bits per heavy atom. The van der Waals surface area contributed by atoms with E-state index in [0.29, 0.717) is 18.8 Å². The number of hydrogen-bond acceptors (Lipinski definition) is 8. The number of imidazole rings is 1. The summed E-state index contributed by atoms with van der Waals surface area (Å²) in [5, 5.41) is 34.2. The van der Waals surface area contributed by atoms with Gasteiger partial charge in [0.15, 0.2) is 5.65 Å². The number of halogens is 7. The van der Waals surface area contributed by atoms with Crippen LogP contribution in [0.2, 0.25) is 0 Å². The molecule has 1 aliphatic heterocycles. The number of carbonyl (C=O) groups is 2. The molecule has 3 aromatic rings. The summed E-state index contributed by atoms with van der Waals surface area (Å²) in [7, 11) is 0. The Kier molecular flexibility index (Phi) is 12.5. The molecule has 5 N–H and O–H groups in total. The first-order chi connectivity index (χ1) is 19.5. The van der Waals surface area contributed by atoms with Gasteiger partial charge in [-0.25, -0.2) is 19.6 Å². The summed E-state index contributed by atoms with van der Waals surface area (Å²) >= 11 is 3.40. The Labute approximate surface area is 241 Å². The van der Waals surface area contributed by atoms with Gasteiger partial charge in [-0.2, -0.15) is 26.3 Å². The lowest BCUT2D eigenvalue weighted by Crippen LogP contribution is -2.43. The number of hydrogen-bond donors (Lipinski definition) is 5. The maximum absolute atomic E-state index is 10.6. The molecule has 0 saturated carbocycles. The average molecular weight is 675 g/mol. The molecule has 1 aliphatic rings. The highest BCUT2D eigenvalue weighted by Gasteiger charge is 2.38. The number of rotatable bonds is 6. The average Bonchev–Trinajstić information content (AvgIpc) is 3.31. The van der Waals surface area contributed by atoms with Crippen LogP contribution in [0.1, 0.15) is 12.8 Å². The Bertz CT molecular complexity index is 1300. The molecule has 1 aromatic carbocycles. The number of benzene rings is 1. The van der Waals surface area contributed by atoms with Crippen molar-refractivity contribution in [3.63, 3.8) is 0 Å². The molecule has 4 rings (SSSR count). The highest BCUT2D eigenvalue weighted by molar-refractivity contribution is 9.10. The molecule has 2 atom stereocenters. The highest BCUT2D eigenvalue weighted by atomic mass is 79.9. The number of ether oxygens (including phenoxy) is 1. The van der Waals surface area contributed by atoms with Gasteiger partial charge in [-0.1, -0.05) is 0 Å². The molecule has 18 heteroatoms. The van der Waals surface area contributed by atoms with Crippen LogP contribution in [-0.4, -0.2) is 103 Å². The van der Waals surface area contributed by atoms with E-state index in [1.807, 2.05) is 30.3 Å². The molecule has 0 aliphatic carbocycles. The summed E-state index contributed by atoms with van der Waals surface area (Å²) in [6.45, 7) is 2.26. The van der Waals surface area contributed by atoms with E-state index < -0.39 is 30.4 Å². The zero-order valence-electron chi connectivity index (χ0n) is 21.4. The monoisotopic (exact) mass is 674 g/mol. The molecular formula is C24H25BrF6N4O7. The number of piperidine rings is 1.